The van der Waals surface area contributed by atoms with Gasteiger partial charge >= 0.3 is 6.09 Å². The van der Waals surface area contributed by atoms with Crippen LogP contribution < -0.4 is 16.0 Å². The van der Waals surface area contributed by atoms with Crippen LogP contribution in [0, 0.1) is 35.0 Å². The topological polar surface area (TPSA) is 134 Å². The molecule has 4 fully saturated rings. The highest BCUT2D eigenvalue weighted by molar-refractivity contribution is 6.38. The van der Waals surface area contributed by atoms with Crippen LogP contribution in [0.4, 0.5) is 4.79 Å². The zero-order valence-corrected chi connectivity index (χ0v) is 26.3. The minimum atomic E-state index is -0.936. The first kappa shape index (κ1) is 30.6. The number of nitrogens with one attached hydrogen (secondary N) is 3. The molecular formula is C34H46N4O6. The Bertz CT molecular complexity index is 1320. The van der Waals surface area contributed by atoms with E-state index in [1.807, 2.05) is 12.1 Å². The van der Waals surface area contributed by atoms with Crippen molar-refractivity contribution in [1.29, 1.82) is 0 Å². The number of piperidine rings is 1. The number of hydrogen-bond donors (Lipinski definition) is 3. The molecule has 10 heteroatoms. The summed E-state index contributed by atoms with van der Waals surface area (Å²) in [5.41, 5.74) is 2.18. The molecule has 1 heterocycles. The quantitative estimate of drug-likeness (QED) is 0.351. The lowest BCUT2D eigenvalue weighted by molar-refractivity contribution is -0.144. The van der Waals surface area contributed by atoms with E-state index in [9.17, 15) is 24.0 Å². The molecule has 4 aliphatic carbocycles. The minimum absolute atomic E-state index is 0.0733. The van der Waals surface area contributed by atoms with E-state index >= 15 is 0 Å². The third-order valence-corrected chi connectivity index (χ3v) is 11.2. The Hall–Kier alpha value is -3.43. The smallest absolute Gasteiger partial charge is 0.408 e. The second kappa shape index (κ2) is 11.8. The molecule has 6 rings (SSSR count). The van der Waals surface area contributed by atoms with Crippen LogP contribution in [0.1, 0.15) is 70.4 Å². The third kappa shape index (κ3) is 5.84. The standard InChI is InChI=1S/C34H46N4O6/c1-18-8-7-11-25(18)44-33(43)37-27(22-15-20-9-5-6-10-21(20)16-22)32(42)38-17-23-26(34(23,2)3)28(38)30(40)36-24(14-19-12-13-19)29(39)31(41)35-4/h5-6,9-10,18-19,22-28H,7-8,11-17H2,1-4H3,(H,35,41)(H,36,40)(H,37,43)/t18-,23?,24?,25-,26-,27-,28-/m0/s1. The fourth-order valence-corrected chi connectivity index (χ4v) is 8.24. The van der Waals surface area contributed by atoms with E-state index in [0.717, 1.165) is 43.2 Å². The van der Waals surface area contributed by atoms with E-state index < -0.39 is 41.8 Å². The van der Waals surface area contributed by atoms with Gasteiger partial charge in [0.25, 0.3) is 5.91 Å². The molecule has 1 aromatic carbocycles. The molecular weight excluding hydrogens is 560 g/mol. The summed E-state index contributed by atoms with van der Waals surface area (Å²) in [6.07, 6.45) is 5.67. The predicted molar refractivity (Wildman–Crippen MR) is 162 cm³/mol. The fraction of sp³-hybridized carbons (Fsp3) is 0.676. The van der Waals surface area contributed by atoms with E-state index in [0.29, 0.717) is 31.7 Å². The summed E-state index contributed by atoms with van der Waals surface area (Å²) in [5, 5.41) is 8.22. The fourth-order valence-electron chi connectivity index (χ4n) is 8.24. The normalized spacial score (nSPS) is 29.6. The van der Waals surface area contributed by atoms with Gasteiger partial charge < -0.3 is 25.6 Å². The number of ketones is 1. The average molecular weight is 607 g/mol. The Morgan fingerprint density at radius 2 is 1.68 bits per heavy atom. The zero-order valence-electron chi connectivity index (χ0n) is 26.3. The first-order valence-corrected chi connectivity index (χ1v) is 16.4. The van der Waals surface area contributed by atoms with Crippen LogP contribution in [0.2, 0.25) is 0 Å². The van der Waals surface area contributed by atoms with Gasteiger partial charge in [0.1, 0.15) is 18.2 Å². The Morgan fingerprint density at radius 3 is 2.27 bits per heavy atom. The van der Waals surface area contributed by atoms with Gasteiger partial charge in [0.05, 0.1) is 6.04 Å². The van der Waals surface area contributed by atoms with Gasteiger partial charge in [0, 0.05) is 13.6 Å². The zero-order chi connectivity index (χ0) is 31.3. The molecule has 44 heavy (non-hydrogen) atoms. The highest BCUT2D eigenvalue weighted by atomic mass is 16.6. The van der Waals surface area contributed by atoms with Crippen molar-refractivity contribution >= 4 is 29.6 Å². The number of likely N-dealkylation sites (N-methyl/N-ethyl adjacent to an activating group) is 1. The number of likely N-dealkylation sites (tertiary alicyclic amines) is 1. The van der Waals surface area contributed by atoms with E-state index in [2.05, 4.69) is 48.9 Å². The Labute approximate surface area is 259 Å². The molecule has 4 amide bonds. The molecule has 0 aromatic heterocycles. The maximum atomic E-state index is 14.5. The molecule has 0 spiro atoms. The van der Waals surface area contributed by atoms with Crippen molar-refractivity contribution in [2.24, 2.45) is 35.0 Å². The lowest BCUT2D eigenvalue weighted by Crippen LogP contribution is -2.59. The van der Waals surface area contributed by atoms with E-state index in [4.69, 9.17) is 4.74 Å². The summed E-state index contributed by atoms with van der Waals surface area (Å²) < 4.78 is 5.82. The number of nitrogens with zero attached hydrogens (tertiary/aromatic N) is 1. The number of carbonyl (C=O) groups excluding carboxylic acids is 5. The average Bonchev–Trinajstić information content (AvgIpc) is 3.63. The second-order valence-electron chi connectivity index (χ2n) is 14.5. The van der Waals surface area contributed by atoms with Crippen molar-refractivity contribution < 1.29 is 28.7 Å². The molecule has 1 saturated heterocycles. The minimum Gasteiger partial charge on any atom is -0.446 e. The first-order chi connectivity index (χ1) is 21.0. The van der Waals surface area contributed by atoms with Crippen molar-refractivity contribution in [1.82, 2.24) is 20.9 Å². The Morgan fingerprint density at radius 1 is 1.00 bits per heavy atom. The number of ether oxygens (including phenoxy) is 1. The van der Waals surface area contributed by atoms with Gasteiger partial charge in [-0.25, -0.2) is 4.79 Å². The monoisotopic (exact) mass is 606 g/mol. The first-order valence-electron chi connectivity index (χ1n) is 16.4. The van der Waals surface area contributed by atoms with E-state index in [1.165, 1.54) is 7.05 Å². The van der Waals surface area contributed by atoms with Crippen LogP contribution in [-0.2, 0) is 36.8 Å². The number of rotatable bonds is 10. The molecule has 1 aromatic rings. The van der Waals surface area contributed by atoms with Gasteiger partial charge in [-0.2, -0.15) is 0 Å². The number of hydrogen-bond acceptors (Lipinski definition) is 6. The molecule has 5 aliphatic rings. The molecule has 3 saturated carbocycles. The van der Waals surface area contributed by atoms with Crippen molar-refractivity contribution in [3.63, 3.8) is 0 Å². The maximum absolute atomic E-state index is 14.5. The van der Waals surface area contributed by atoms with Crippen LogP contribution in [0.3, 0.4) is 0 Å². The molecule has 7 atom stereocenters. The van der Waals surface area contributed by atoms with Gasteiger partial charge in [-0.15, -0.1) is 0 Å². The van der Waals surface area contributed by atoms with Gasteiger partial charge in [-0.1, -0.05) is 57.9 Å². The van der Waals surface area contributed by atoms with E-state index in [1.54, 1.807) is 4.90 Å². The highest BCUT2D eigenvalue weighted by Gasteiger charge is 2.70. The van der Waals surface area contributed by atoms with Crippen molar-refractivity contribution in [2.45, 2.75) is 96.4 Å². The number of fused-ring (bicyclic) bond motifs is 2. The summed E-state index contributed by atoms with van der Waals surface area (Å²) in [6, 6.07) is 5.49. The lowest BCUT2D eigenvalue weighted by atomic mass is 9.93. The molecule has 0 bridgehead atoms. The number of alkyl carbamates (subject to hydrolysis) is 1. The third-order valence-electron chi connectivity index (χ3n) is 11.2. The summed E-state index contributed by atoms with van der Waals surface area (Å²) in [6.45, 7) is 6.68. The van der Waals surface area contributed by atoms with Crippen molar-refractivity contribution in [3.05, 3.63) is 35.4 Å². The maximum Gasteiger partial charge on any atom is 0.408 e. The van der Waals surface area contributed by atoms with Crippen molar-refractivity contribution in [3.8, 4) is 0 Å². The SMILES string of the molecule is CNC(=O)C(=O)C(CC1CC1)NC(=O)[C@@H]1[C@@H]2C(CN1C(=O)[C@@H](NC(=O)O[C@H]1CCC[C@@H]1C)C1Cc3ccccc3C1)C2(C)C. The Balaban J connectivity index is 1.23. The van der Waals surface area contributed by atoms with Crippen LogP contribution in [-0.4, -0.2) is 72.3 Å². The van der Waals surface area contributed by atoms with Gasteiger partial charge in [-0.05, 0) is 84.7 Å². The summed E-state index contributed by atoms with van der Waals surface area (Å²) in [4.78, 5) is 68.6. The number of Topliss-reactive ketones (excluding diaryl/α,β-unsaturated/α-hetero) is 1. The second-order valence-corrected chi connectivity index (χ2v) is 14.5. The summed E-state index contributed by atoms with van der Waals surface area (Å²) in [7, 11) is 1.40. The number of benzene rings is 1. The summed E-state index contributed by atoms with van der Waals surface area (Å²) in [5.74, 6) is -1.66. The molecule has 0 radical (unpaired) electrons. The number of amides is 4. The van der Waals surface area contributed by atoms with Crippen LogP contribution in [0.5, 0.6) is 0 Å². The van der Waals surface area contributed by atoms with Crippen molar-refractivity contribution in [2.75, 3.05) is 13.6 Å². The van der Waals surface area contributed by atoms with Crippen LogP contribution in [0.15, 0.2) is 24.3 Å². The molecule has 2 unspecified atom stereocenters. The molecule has 3 N–H and O–H groups in total. The lowest BCUT2D eigenvalue weighted by Gasteiger charge is -2.35. The van der Waals surface area contributed by atoms with Crippen LogP contribution in [0.25, 0.3) is 0 Å². The Kier molecular flexibility index (Phi) is 8.22. The summed E-state index contributed by atoms with van der Waals surface area (Å²) >= 11 is 0. The largest absolute Gasteiger partial charge is 0.446 e. The highest BCUT2D eigenvalue weighted by Crippen LogP contribution is 2.65. The van der Waals surface area contributed by atoms with E-state index in [-0.39, 0.29) is 41.1 Å². The number of carbonyl (C=O) groups is 5. The van der Waals surface area contributed by atoms with Crippen LogP contribution >= 0.6 is 0 Å². The molecule has 1 aliphatic heterocycles. The molecule has 10 nitrogen and oxygen atoms in total. The van der Waals surface area contributed by atoms with Gasteiger partial charge in [-0.3, -0.25) is 19.2 Å². The van der Waals surface area contributed by atoms with Gasteiger partial charge in [0.15, 0.2) is 0 Å². The van der Waals surface area contributed by atoms with Gasteiger partial charge in [0.2, 0.25) is 17.6 Å². The molecule has 238 valence electrons. The predicted octanol–water partition coefficient (Wildman–Crippen LogP) is 2.77.